The minimum Gasteiger partial charge on any atom is -0.338 e. The molecule has 0 atom stereocenters. The second kappa shape index (κ2) is 6.26. The van der Waals surface area contributed by atoms with Crippen LogP contribution < -0.4 is 16.4 Å². The smallest absolute Gasteiger partial charge is 0.321 e. The first-order chi connectivity index (χ1) is 9.60. The van der Waals surface area contributed by atoms with Crippen molar-refractivity contribution < 1.29 is 9.72 Å². The monoisotopic (exact) mass is 295 g/mol. The summed E-state index contributed by atoms with van der Waals surface area (Å²) in [7, 11) is 0. The SMILES string of the molecule is NCCCNC(=O)Nc1nc2ccc([N+](=O)[O-])cc2s1. The molecule has 0 saturated heterocycles. The van der Waals surface area contributed by atoms with Crippen LogP contribution in [0.1, 0.15) is 6.42 Å². The van der Waals surface area contributed by atoms with Crippen molar-refractivity contribution in [3.8, 4) is 0 Å². The van der Waals surface area contributed by atoms with Crippen LogP contribution in [0, 0.1) is 10.1 Å². The van der Waals surface area contributed by atoms with E-state index < -0.39 is 4.92 Å². The highest BCUT2D eigenvalue weighted by molar-refractivity contribution is 7.22. The summed E-state index contributed by atoms with van der Waals surface area (Å²) in [5.74, 6) is 0. The van der Waals surface area contributed by atoms with E-state index >= 15 is 0 Å². The molecule has 1 heterocycles. The number of hydrogen-bond acceptors (Lipinski definition) is 6. The number of carbonyl (C=O) groups is 1. The Bertz CT molecular complexity index is 642. The Hall–Kier alpha value is -2.26. The topological polar surface area (TPSA) is 123 Å². The Morgan fingerprint density at radius 3 is 3.00 bits per heavy atom. The summed E-state index contributed by atoms with van der Waals surface area (Å²) in [5, 5.41) is 16.3. The summed E-state index contributed by atoms with van der Waals surface area (Å²) >= 11 is 1.18. The first-order valence-corrected chi connectivity index (χ1v) is 6.71. The number of nitrogens with zero attached hydrogens (tertiary/aromatic N) is 2. The molecule has 0 aliphatic carbocycles. The Morgan fingerprint density at radius 1 is 1.50 bits per heavy atom. The lowest BCUT2D eigenvalue weighted by molar-refractivity contribution is -0.384. The lowest BCUT2D eigenvalue weighted by atomic mass is 10.3. The second-order valence-electron chi connectivity index (χ2n) is 3.95. The summed E-state index contributed by atoms with van der Waals surface area (Å²) in [6, 6.07) is 4.01. The fraction of sp³-hybridized carbons (Fsp3) is 0.273. The molecule has 1 aromatic heterocycles. The van der Waals surface area contributed by atoms with E-state index in [2.05, 4.69) is 15.6 Å². The van der Waals surface area contributed by atoms with E-state index in [0.717, 1.165) is 0 Å². The number of amides is 2. The predicted octanol–water partition coefficient (Wildman–Crippen LogP) is 1.67. The number of nitro groups is 1. The van der Waals surface area contributed by atoms with Crippen LogP contribution in [0.3, 0.4) is 0 Å². The molecule has 0 fully saturated rings. The molecule has 9 heteroatoms. The summed E-state index contributed by atoms with van der Waals surface area (Å²) in [6.45, 7) is 0.990. The predicted molar refractivity (Wildman–Crippen MR) is 77.0 cm³/mol. The van der Waals surface area contributed by atoms with Crippen LogP contribution in [0.15, 0.2) is 18.2 Å². The number of thiazole rings is 1. The minimum atomic E-state index is -0.466. The average molecular weight is 295 g/mol. The summed E-state index contributed by atoms with van der Waals surface area (Å²) in [5.41, 5.74) is 5.93. The molecular weight excluding hydrogens is 282 g/mol. The van der Waals surface area contributed by atoms with Gasteiger partial charge in [-0.15, -0.1) is 0 Å². The fourth-order valence-corrected chi connectivity index (χ4v) is 2.42. The molecule has 106 valence electrons. The van der Waals surface area contributed by atoms with Gasteiger partial charge in [0.1, 0.15) is 0 Å². The third kappa shape index (κ3) is 3.39. The zero-order valence-electron chi connectivity index (χ0n) is 10.5. The van der Waals surface area contributed by atoms with Gasteiger partial charge in [-0.2, -0.15) is 0 Å². The number of rotatable bonds is 5. The highest BCUT2D eigenvalue weighted by Gasteiger charge is 2.11. The number of hydrogen-bond donors (Lipinski definition) is 3. The number of non-ortho nitro benzene ring substituents is 1. The molecule has 0 spiro atoms. The van der Waals surface area contributed by atoms with Crippen molar-refractivity contribution in [3.63, 3.8) is 0 Å². The zero-order valence-corrected chi connectivity index (χ0v) is 11.3. The van der Waals surface area contributed by atoms with Gasteiger partial charge in [0.05, 0.1) is 15.1 Å². The number of benzene rings is 1. The molecule has 0 aliphatic heterocycles. The largest absolute Gasteiger partial charge is 0.338 e. The van der Waals surface area contributed by atoms with E-state index in [1.165, 1.54) is 23.5 Å². The third-order valence-electron chi connectivity index (χ3n) is 2.47. The van der Waals surface area contributed by atoms with Crippen molar-refractivity contribution >= 4 is 38.4 Å². The van der Waals surface area contributed by atoms with Gasteiger partial charge < -0.3 is 11.1 Å². The van der Waals surface area contributed by atoms with Gasteiger partial charge in [0, 0.05) is 18.7 Å². The molecule has 2 rings (SSSR count). The summed E-state index contributed by atoms with van der Waals surface area (Å²) in [4.78, 5) is 25.9. The lowest BCUT2D eigenvalue weighted by Gasteiger charge is -2.03. The number of nitrogens with one attached hydrogen (secondary N) is 2. The number of urea groups is 1. The normalized spacial score (nSPS) is 10.4. The quantitative estimate of drug-likeness (QED) is 0.440. The standard InChI is InChI=1S/C11H13N5O3S/c12-4-1-5-13-10(17)15-11-14-8-3-2-7(16(18)19)6-9(8)20-11/h2-3,6H,1,4-5,12H2,(H2,13,14,15,17). The van der Waals surface area contributed by atoms with Crippen molar-refractivity contribution in [1.29, 1.82) is 0 Å². The van der Waals surface area contributed by atoms with Crippen LogP contribution in [-0.4, -0.2) is 29.0 Å². The first kappa shape index (κ1) is 14.2. The van der Waals surface area contributed by atoms with Gasteiger partial charge in [-0.25, -0.2) is 9.78 Å². The van der Waals surface area contributed by atoms with Crippen LogP contribution >= 0.6 is 11.3 Å². The second-order valence-corrected chi connectivity index (χ2v) is 4.98. The van der Waals surface area contributed by atoms with Crippen LogP contribution in [0.5, 0.6) is 0 Å². The molecule has 4 N–H and O–H groups in total. The number of anilines is 1. The van der Waals surface area contributed by atoms with Gasteiger partial charge in [0.2, 0.25) is 0 Å². The van der Waals surface area contributed by atoms with E-state index in [9.17, 15) is 14.9 Å². The number of nitro benzene ring substituents is 1. The molecular formula is C11H13N5O3S. The number of nitrogens with two attached hydrogens (primary N) is 1. The maximum atomic E-state index is 11.5. The third-order valence-corrected chi connectivity index (χ3v) is 3.40. The van der Waals surface area contributed by atoms with Gasteiger partial charge in [-0.05, 0) is 19.0 Å². The van der Waals surface area contributed by atoms with Crippen LogP contribution in [0.4, 0.5) is 15.6 Å². The number of aromatic nitrogens is 1. The molecule has 1 aromatic carbocycles. The van der Waals surface area contributed by atoms with Gasteiger partial charge in [-0.3, -0.25) is 15.4 Å². The van der Waals surface area contributed by atoms with Crippen molar-refractivity contribution in [2.24, 2.45) is 5.73 Å². The molecule has 2 aromatic rings. The Balaban J connectivity index is 2.08. The number of fused-ring (bicyclic) bond motifs is 1. The Kier molecular flexibility index (Phi) is 4.43. The van der Waals surface area contributed by atoms with E-state index in [1.807, 2.05) is 0 Å². The minimum absolute atomic E-state index is 0.0000901. The highest BCUT2D eigenvalue weighted by atomic mass is 32.1. The molecule has 8 nitrogen and oxygen atoms in total. The van der Waals surface area contributed by atoms with Gasteiger partial charge in [0.15, 0.2) is 5.13 Å². The highest BCUT2D eigenvalue weighted by Crippen LogP contribution is 2.28. The summed E-state index contributed by atoms with van der Waals surface area (Å²) < 4.78 is 0.649. The molecule has 0 bridgehead atoms. The van der Waals surface area contributed by atoms with Crippen molar-refractivity contribution in [3.05, 3.63) is 28.3 Å². The van der Waals surface area contributed by atoms with E-state index in [-0.39, 0.29) is 11.7 Å². The van der Waals surface area contributed by atoms with E-state index in [4.69, 9.17) is 5.73 Å². The van der Waals surface area contributed by atoms with E-state index in [0.29, 0.717) is 34.9 Å². The molecule has 0 aliphatic rings. The average Bonchev–Trinajstić information content (AvgIpc) is 2.79. The van der Waals surface area contributed by atoms with Gasteiger partial charge >= 0.3 is 6.03 Å². The van der Waals surface area contributed by atoms with Crippen molar-refractivity contribution in [2.45, 2.75) is 6.42 Å². The van der Waals surface area contributed by atoms with Crippen molar-refractivity contribution in [2.75, 3.05) is 18.4 Å². The summed E-state index contributed by atoms with van der Waals surface area (Å²) in [6.07, 6.45) is 0.694. The van der Waals surface area contributed by atoms with Crippen LogP contribution in [0.25, 0.3) is 10.2 Å². The Morgan fingerprint density at radius 2 is 2.30 bits per heavy atom. The maximum absolute atomic E-state index is 11.5. The van der Waals surface area contributed by atoms with E-state index in [1.54, 1.807) is 6.07 Å². The van der Waals surface area contributed by atoms with Crippen LogP contribution in [-0.2, 0) is 0 Å². The molecule has 0 radical (unpaired) electrons. The molecule has 0 saturated carbocycles. The Labute approximate surface area is 118 Å². The maximum Gasteiger partial charge on any atom is 0.321 e. The van der Waals surface area contributed by atoms with Gasteiger partial charge in [0.25, 0.3) is 5.69 Å². The van der Waals surface area contributed by atoms with Crippen LogP contribution in [0.2, 0.25) is 0 Å². The fourth-order valence-electron chi connectivity index (χ4n) is 1.53. The number of carbonyl (C=O) groups excluding carboxylic acids is 1. The van der Waals surface area contributed by atoms with Crippen molar-refractivity contribution in [1.82, 2.24) is 10.3 Å². The molecule has 2 amide bonds. The zero-order chi connectivity index (χ0) is 14.5. The lowest BCUT2D eigenvalue weighted by Crippen LogP contribution is -2.30. The first-order valence-electron chi connectivity index (χ1n) is 5.90. The molecule has 20 heavy (non-hydrogen) atoms. The molecule has 0 unspecified atom stereocenters. The van der Waals surface area contributed by atoms with Gasteiger partial charge in [-0.1, -0.05) is 11.3 Å².